The molecule has 2 N–H and O–H groups in total. The highest BCUT2D eigenvalue weighted by Gasteiger charge is 2.21. The first-order valence-electron chi connectivity index (χ1n) is 9.93. The van der Waals surface area contributed by atoms with Crippen LogP contribution in [0.4, 0.5) is 17.3 Å². The molecule has 30 heavy (non-hydrogen) atoms. The van der Waals surface area contributed by atoms with Crippen LogP contribution in [-0.2, 0) is 0 Å². The van der Waals surface area contributed by atoms with E-state index in [1.807, 2.05) is 42.5 Å². The van der Waals surface area contributed by atoms with Crippen LogP contribution in [-0.4, -0.2) is 43.9 Å². The maximum atomic E-state index is 10.1. The lowest BCUT2D eigenvalue weighted by Gasteiger charge is -2.33. The van der Waals surface area contributed by atoms with Crippen molar-refractivity contribution in [1.82, 2.24) is 19.6 Å². The quantitative estimate of drug-likeness (QED) is 0.516. The van der Waals surface area contributed by atoms with Crippen molar-refractivity contribution in [2.75, 3.05) is 23.3 Å². The molecular formula is C22H21ClN6O. The maximum Gasteiger partial charge on any atom is 0.229 e. The van der Waals surface area contributed by atoms with Gasteiger partial charge in [-0.3, -0.25) is 4.98 Å². The summed E-state index contributed by atoms with van der Waals surface area (Å²) in [5.74, 6) is 0.589. The van der Waals surface area contributed by atoms with Gasteiger partial charge in [-0.05, 0) is 37.1 Å². The summed E-state index contributed by atoms with van der Waals surface area (Å²) in [6.45, 7) is 1.50. The molecule has 1 fully saturated rings. The minimum Gasteiger partial charge on any atom is -0.391 e. The van der Waals surface area contributed by atoms with E-state index in [1.165, 1.54) is 0 Å². The van der Waals surface area contributed by atoms with Crippen molar-refractivity contribution in [2.45, 2.75) is 18.9 Å². The van der Waals surface area contributed by atoms with Gasteiger partial charge in [0.2, 0.25) is 5.95 Å². The van der Waals surface area contributed by atoms with Crippen LogP contribution >= 0.6 is 11.6 Å². The number of benzene rings is 1. The van der Waals surface area contributed by atoms with Crippen LogP contribution in [0, 0.1) is 0 Å². The molecule has 1 unspecified atom stereocenters. The van der Waals surface area contributed by atoms with Crippen molar-refractivity contribution in [2.24, 2.45) is 0 Å². The lowest BCUT2D eigenvalue weighted by molar-refractivity contribution is 0.154. The fourth-order valence-electron chi connectivity index (χ4n) is 3.83. The van der Waals surface area contributed by atoms with Gasteiger partial charge in [0.15, 0.2) is 0 Å². The molecule has 1 aromatic carbocycles. The van der Waals surface area contributed by atoms with Gasteiger partial charge < -0.3 is 15.3 Å². The van der Waals surface area contributed by atoms with Gasteiger partial charge in [0.1, 0.15) is 0 Å². The normalized spacial score (nSPS) is 16.7. The second kappa shape index (κ2) is 7.93. The Hall–Kier alpha value is -3.16. The summed E-state index contributed by atoms with van der Waals surface area (Å²) in [6, 6.07) is 13.5. The van der Waals surface area contributed by atoms with Crippen LogP contribution in [0.1, 0.15) is 12.8 Å². The van der Waals surface area contributed by atoms with Crippen LogP contribution in [0.25, 0.3) is 16.8 Å². The van der Waals surface area contributed by atoms with E-state index in [1.54, 1.807) is 23.1 Å². The number of hydrogen-bond acceptors (Lipinski definition) is 6. The molecule has 1 atom stereocenters. The number of aromatic nitrogens is 4. The van der Waals surface area contributed by atoms with Gasteiger partial charge in [-0.2, -0.15) is 9.61 Å². The van der Waals surface area contributed by atoms with Crippen LogP contribution < -0.4 is 10.2 Å². The summed E-state index contributed by atoms with van der Waals surface area (Å²) in [7, 11) is 0. The third-order valence-corrected chi connectivity index (χ3v) is 5.65. The molecule has 0 amide bonds. The second-order valence-electron chi connectivity index (χ2n) is 7.38. The fraction of sp³-hybridized carbons (Fsp3) is 0.227. The average Bonchev–Trinajstić information content (AvgIpc) is 3.16. The Morgan fingerprint density at radius 1 is 1.10 bits per heavy atom. The zero-order valence-corrected chi connectivity index (χ0v) is 17.0. The van der Waals surface area contributed by atoms with Gasteiger partial charge in [-0.25, -0.2) is 4.98 Å². The smallest absolute Gasteiger partial charge is 0.229 e. The molecule has 4 heterocycles. The van der Waals surface area contributed by atoms with E-state index in [4.69, 9.17) is 16.7 Å². The third kappa shape index (κ3) is 3.58. The van der Waals surface area contributed by atoms with Gasteiger partial charge in [0.05, 0.1) is 46.1 Å². The molecule has 1 aliphatic rings. The van der Waals surface area contributed by atoms with Crippen molar-refractivity contribution in [3.05, 3.63) is 66.1 Å². The molecule has 7 nitrogen and oxygen atoms in total. The third-order valence-electron chi connectivity index (χ3n) is 5.32. The Morgan fingerprint density at radius 3 is 2.87 bits per heavy atom. The van der Waals surface area contributed by atoms with Gasteiger partial charge in [0, 0.05) is 24.8 Å². The molecule has 4 aromatic rings. The molecule has 1 aliphatic heterocycles. The van der Waals surface area contributed by atoms with Gasteiger partial charge in [-0.15, -0.1) is 0 Å². The maximum absolute atomic E-state index is 10.1. The first-order valence-corrected chi connectivity index (χ1v) is 10.3. The highest BCUT2D eigenvalue weighted by molar-refractivity contribution is 6.33. The Balaban J connectivity index is 1.51. The summed E-state index contributed by atoms with van der Waals surface area (Å²) in [5.41, 5.74) is 4.31. The number of aliphatic hydroxyl groups excluding tert-OH is 1. The monoisotopic (exact) mass is 420 g/mol. The Kier molecular flexibility index (Phi) is 4.98. The minimum absolute atomic E-state index is 0.313. The molecule has 8 heteroatoms. The minimum atomic E-state index is -0.313. The molecule has 0 spiro atoms. The zero-order valence-electron chi connectivity index (χ0n) is 16.2. The Labute approximate surface area is 179 Å². The van der Waals surface area contributed by atoms with Crippen molar-refractivity contribution >= 4 is 34.4 Å². The predicted octanol–water partition coefficient (Wildman–Crippen LogP) is 4.15. The van der Waals surface area contributed by atoms with Crippen LogP contribution in [0.15, 0.2) is 61.1 Å². The van der Waals surface area contributed by atoms with Gasteiger partial charge in [0.25, 0.3) is 0 Å². The number of nitrogens with zero attached hydrogens (tertiary/aromatic N) is 5. The number of anilines is 3. The number of aliphatic hydroxyl groups is 1. The fourth-order valence-corrected chi connectivity index (χ4v) is 4.07. The lowest BCUT2D eigenvalue weighted by atomic mass is 10.1. The van der Waals surface area contributed by atoms with E-state index in [0.29, 0.717) is 17.5 Å². The number of β-amino-alcohol motifs (C(OH)–C–C–N with tert-alkyl or cyclic N) is 1. The highest BCUT2D eigenvalue weighted by Crippen LogP contribution is 2.31. The topological polar surface area (TPSA) is 78.6 Å². The summed E-state index contributed by atoms with van der Waals surface area (Å²) < 4.78 is 1.76. The van der Waals surface area contributed by atoms with Crippen molar-refractivity contribution in [3.63, 3.8) is 0 Å². The predicted molar refractivity (Wildman–Crippen MR) is 118 cm³/mol. The van der Waals surface area contributed by atoms with E-state index < -0.39 is 0 Å². The Bertz CT molecular complexity index is 1190. The van der Waals surface area contributed by atoms with Crippen molar-refractivity contribution in [1.29, 1.82) is 0 Å². The van der Waals surface area contributed by atoms with Crippen LogP contribution in [0.5, 0.6) is 0 Å². The van der Waals surface area contributed by atoms with Crippen LogP contribution in [0.2, 0.25) is 5.02 Å². The number of imidazole rings is 1. The number of nitrogens with one attached hydrogen (secondary N) is 1. The summed E-state index contributed by atoms with van der Waals surface area (Å²) >= 11 is 6.36. The SMILES string of the molecule is OC1CCCN(c2ccncc2Nc2ncc3ccc(-c4ccccc4Cl)nn23)C1. The van der Waals surface area contributed by atoms with E-state index in [-0.39, 0.29) is 6.10 Å². The molecule has 0 saturated carbocycles. The van der Waals surface area contributed by atoms with E-state index in [0.717, 1.165) is 47.5 Å². The van der Waals surface area contributed by atoms with E-state index >= 15 is 0 Å². The molecule has 0 radical (unpaired) electrons. The van der Waals surface area contributed by atoms with Gasteiger partial charge >= 0.3 is 0 Å². The largest absolute Gasteiger partial charge is 0.391 e. The van der Waals surface area contributed by atoms with E-state index in [2.05, 4.69) is 20.2 Å². The Morgan fingerprint density at radius 2 is 2.00 bits per heavy atom. The summed E-state index contributed by atoms with van der Waals surface area (Å²) in [5, 5.41) is 18.8. The van der Waals surface area contributed by atoms with Crippen LogP contribution in [0.3, 0.4) is 0 Å². The molecule has 0 aliphatic carbocycles. The van der Waals surface area contributed by atoms with Crippen molar-refractivity contribution < 1.29 is 5.11 Å². The second-order valence-corrected chi connectivity index (χ2v) is 7.78. The molecule has 1 saturated heterocycles. The molecule has 5 rings (SSSR count). The average molecular weight is 421 g/mol. The van der Waals surface area contributed by atoms with Gasteiger partial charge in [-0.1, -0.05) is 29.8 Å². The van der Waals surface area contributed by atoms with Crippen molar-refractivity contribution in [3.8, 4) is 11.3 Å². The number of fused-ring (bicyclic) bond motifs is 1. The summed E-state index contributed by atoms with van der Waals surface area (Å²) in [4.78, 5) is 11.0. The number of rotatable bonds is 4. The van der Waals surface area contributed by atoms with E-state index in [9.17, 15) is 5.11 Å². The number of pyridine rings is 1. The molecular weight excluding hydrogens is 400 g/mol. The summed E-state index contributed by atoms with van der Waals surface area (Å²) in [6.07, 6.45) is 6.79. The number of hydrogen-bond donors (Lipinski definition) is 2. The molecule has 152 valence electrons. The number of halogens is 1. The first kappa shape index (κ1) is 18.8. The first-order chi connectivity index (χ1) is 14.7. The standard InChI is InChI=1S/C22H21ClN6O/c23-18-6-2-1-5-17(18)19-8-7-15-12-25-22(29(15)27-19)26-20-13-24-10-9-21(20)28-11-3-4-16(30)14-28/h1-2,5-10,12-13,16,30H,3-4,11,14H2,(H,25,26). The molecule has 3 aromatic heterocycles. The zero-order chi connectivity index (χ0) is 20.5. The highest BCUT2D eigenvalue weighted by atomic mass is 35.5. The molecule has 0 bridgehead atoms. The number of piperidine rings is 1. The lowest BCUT2D eigenvalue weighted by Crippen LogP contribution is -2.38.